The first kappa shape index (κ1) is 18.4. The van der Waals surface area contributed by atoms with Gasteiger partial charge in [-0.25, -0.2) is 15.2 Å². The molecule has 1 saturated heterocycles. The Balaban J connectivity index is 1.70. The van der Waals surface area contributed by atoms with Crippen LogP contribution in [0.5, 0.6) is 11.5 Å². The van der Waals surface area contributed by atoms with Gasteiger partial charge in [-0.3, -0.25) is 4.79 Å². The van der Waals surface area contributed by atoms with Gasteiger partial charge in [0.25, 0.3) is 0 Å². The Morgan fingerprint density at radius 3 is 2.50 bits per heavy atom. The maximum absolute atomic E-state index is 13.1. The van der Waals surface area contributed by atoms with E-state index >= 15 is 0 Å². The molecule has 1 aliphatic heterocycles. The average molecular weight is 380 g/mol. The quantitative estimate of drug-likeness (QED) is 0.744. The van der Waals surface area contributed by atoms with Crippen LogP contribution in [0.2, 0.25) is 5.02 Å². The number of halogens is 2. The molecule has 0 spiro atoms. The van der Waals surface area contributed by atoms with Crippen molar-refractivity contribution in [2.75, 3.05) is 19.5 Å². The third-order valence-electron chi connectivity index (χ3n) is 4.22. The number of anilines is 1. The molecular weight excluding hydrogens is 361 g/mol. The predicted molar refractivity (Wildman–Crippen MR) is 97.0 cm³/mol. The lowest BCUT2D eigenvalue weighted by Gasteiger charge is -2.15. The van der Waals surface area contributed by atoms with Crippen LogP contribution >= 0.6 is 11.6 Å². The lowest BCUT2D eigenvalue weighted by Crippen LogP contribution is -2.39. The largest absolute Gasteiger partial charge is 0.495 e. The molecular formula is C18H19ClFN3O3. The molecule has 3 rings (SSSR count). The fraction of sp³-hybridized carbons (Fsp3) is 0.278. The van der Waals surface area contributed by atoms with E-state index in [4.69, 9.17) is 21.1 Å². The van der Waals surface area contributed by atoms with E-state index in [1.54, 1.807) is 24.3 Å². The molecule has 2 atom stereocenters. The molecule has 2 aromatic rings. The SMILES string of the molecule is COc1cc(NC(=O)C2CC(c3ccc(F)cc3)NN2)c(OC)cc1Cl. The molecule has 2 aromatic carbocycles. The number of amides is 1. The Labute approximate surface area is 155 Å². The number of nitrogens with one attached hydrogen (secondary N) is 3. The number of rotatable bonds is 5. The first-order chi connectivity index (χ1) is 12.5. The zero-order chi connectivity index (χ0) is 18.7. The zero-order valence-corrected chi connectivity index (χ0v) is 15.1. The van der Waals surface area contributed by atoms with Gasteiger partial charge in [0.15, 0.2) is 0 Å². The Morgan fingerprint density at radius 1 is 1.15 bits per heavy atom. The minimum absolute atomic E-state index is 0.0898. The normalized spacial score (nSPS) is 19.2. The van der Waals surface area contributed by atoms with Crippen molar-refractivity contribution in [3.8, 4) is 11.5 Å². The number of hydrogen-bond donors (Lipinski definition) is 3. The van der Waals surface area contributed by atoms with E-state index in [1.807, 2.05) is 0 Å². The first-order valence-electron chi connectivity index (χ1n) is 8.00. The second-order valence-corrected chi connectivity index (χ2v) is 6.26. The van der Waals surface area contributed by atoms with E-state index in [-0.39, 0.29) is 17.8 Å². The Bertz CT molecular complexity index is 801. The van der Waals surface area contributed by atoms with Crippen molar-refractivity contribution in [2.24, 2.45) is 0 Å². The molecule has 0 saturated carbocycles. The molecule has 6 nitrogen and oxygen atoms in total. The number of ether oxygens (including phenoxy) is 2. The standard InChI is InChI=1S/C18H19ClFN3O3/c1-25-16-9-14(17(26-2)7-12(16)19)21-18(24)15-8-13(22-23-15)10-3-5-11(20)6-4-10/h3-7,9,13,15,22-23H,8H2,1-2H3,(H,21,24). The Kier molecular flexibility index (Phi) is 5.61. The van der Waals surface area contributed by atoms with Gasteiger partial charge in [0.1, 0.15) is 23.4 Å². The summed E-state index contributed by atoms with van der Waals surface area (Å²) in [5.74, 6) is 0.345. The predicted octanol–water partition coefficient (Wildman–Crippen LogP) is 3.04. The number of hydrogen-bond acceptors (Lipinski definition) is 5. The topological polar surface area (TPSA) is 71.6 Å². The number of carbonyl (C=O) groups is 1. The Hall–Kier alpha value is -2.35. The fourth-order valence-corrected chi connectivity index (χ4v) is 3.05. The van der Waals surface area contributed by atoms with Crippen molar-refractivity contribution in [3.05, 3.63) is 52.8 Å². The monoisotopic (exact) mass is 379 g/mol. The summed E-state index contributed by atoms with van der Waals surface area (Å²) in [5.41, 5.74) is 7.39. The van der Waals surface area contributed by atoms with Crippen LogP contribution in [-0.4, -0.2) is 26.2 Å². The summed E-state index contributed by atoms with van der Waals surface area (Å²) < 4.78 is 23.5. The van der Waals surface area contributed by atoms with Gasteiger partial charge in [-0.15, -0.1) is 0 Å². The molecule has 0 bridgehead atoms. The van der Waals surface area contributed by atoms with Crippen molar-refractivity contribution in [1.29, 1.82) is 0 Å². The molecule has 1 fully saturated rings. The van der Waals surface area contributed by atoms with Gasteiger partial charge in [-0.2, -0.15) is 0 Å². The molecule has 3 N–H and O–H groups in total. The summed E-state index contributed by atoms with van der Waals surface area (Å²) >= 11 is 6.08. The van der Waals surface area contributed by atoms with Crippen molar-refractivity contribution in [3.63, 3.8) is 0 Å². The molecule has 1 aliphatic rings. The lowest BCUT2D eigenvalue weighted by molar-refractivity contribution is -0.117. The van der Waals surface area contributed by atoms with Gasteiger partial charge in [-0.05, 0) is 24.1 Å². The van der Waals surface area contributed by atoms with Crippen LogP contribution in [0.1, 0.15) is 18.0 Å². The van der Waals surface area contributed by atoms with Gasteiger partial charge >= 0.3 is 0 Å². The van der Waals surface area contributed by atoms with Crippen molar-refractivity contribution in [2.45, 2.75) is 18.5 Å². The molecule has 8 heteroatoms. The Morgan fingerprint density at radius 2 is 1.85 bits per heavy atom. The van der Waals surface area contributed by atoms with E-state index in [2.05, 4.69) is 16.2 Å². The summed E-state index contributed by atoms with van der Waals surface area (Å²) in [6, 6.07) is 8.83. The van der Waals surface area contributed by atoms with Crippen LogP contribution in [-0.2, 0) is 4.79 Å². The molecule has 1 heterocycles. The van der Waals surface area contributed by atoms with Crippen LogP contribution in [0.3, 0.4) is 0 Å². The number of hydrazine groups is 1. The summed E-state index contributed by atoms with van der Waals surface area (Å²) in [6.45, 7) is 0. The summed E-state index contributed by atoms with van der Waals surface area (Å²) in [5, 5.41) is 3.21. The van der Waals surface area contributed by atoms with Gasteiger partial charge < -0.3 is 14.8 Å². The second-order valence-electron chi connectivity index (χ2n) is 5.86. The molecule has 26 heavy (non-hydrogen) atoms. The molecule has 1 amide bonds. The highest BCUT2D eigenvalue weighted by atomic mass is 35.5. The summed E-state index contributed by atoms with van der Waals surface area (Å²) in [4.78, 5) is 12.6. The van der Waals surface area contributed by atoms with E-state index < -0.39 is 6.04 Å². The van der Waals surface area contributed by atoms with Crippen LogP contribution in [0.15, 0.2) is 36.4 Å². The molecule has 0 aliphatic carbocycles. The third kappa shape index (κ3) is 3.90. The van der Waals surface area contributed by atoms with Crippen molar-refractivity contribution >= 4 is 23.2 Å². The first-order valence-corrected chi connectivity index (χ1v) is 8.38. The highest BCUT2D eigenvalue weighted by molar-refractivity contribution is 6.32. The van der Waals surface area contributed by atoms with Gasteiger partial charge in [0.2, 0.25) is 5.91 Å². The van der Waals surface area contributed by atoms with E-state index in [0.29, 0.717) is 28.6 Å². The third-order valence-corrected chi connectivity index (χ3v) is 4.52. The van der Waals surface area contributed by atoms with E-state index in [0.717, 1.165) is 5.56 Å². The lowest BCUT2D eigenvalue weighted by atomic mass is 10.0. The zero-order valence-electron chi connectivity index (χ0n) is 14.3. The minimum atomic E-state index is -0.462. The second kappa shape index (κ2) is 7.90. The van der Waals surface area contributed by atoms with Gasteiger partial charge in [0, 0.05) is 18.2 Å². The fourth-order valence-electron chi connectivity index (χ4n) is 2.82. The highest BCUT2D eigenvalue weighted by Gasteiger charge is 2.30. The van der Waals surface area contributed by atoms with Gasteiger partial charge in [-0.1, -0.05) is 23.7 Å². The van der Waals surface area contributed by atoms with Crippen LogP contribution in [0, 0.1) is 5.82 Å². The molecule has 0 aromatic heterocycles. The molecule has 0 radical (unpaired) electrons. The van der Waals surface area contributed by atoms with Crippen molar-refractivity contribution in [1.82, 2.24) is 10.9 Å². The van der Waals surface area contributed by atoms with E-state index in [9.17, 15) is 9.18 Å². The molecule has 138 valence electrons. The smallest absolute Gasteiger partial charge is 0.243 e. The average Bonchev–Trinajstić information content (AvgIpc) is 3.13. The van der Waals surface area contributed by atoms with Crippen LogP contribution in [0.25, 0.3) is 0 Å². The summed E-state index contributed by atoms with van der Waals surface area (Å²) in [6.07, 6.45) is 0.518. The van der Waals surface area contributed by atoms with E-state index in [1.165, 1.54) is 26.4 Å². The number of carbonyl (C=O) groups excluding carboxylic acids is 1. The summed E-state index contributed by atoms with van der Waals surface area (Å²) in [7, 11) is 2.99. The molecule has 2 unspecified atom stereocenters. The highest BCUT2D eigenvalue weighted by Crippen LogP contribution is 2.36. The maximum Gasteiger partial charge on any atom is 0.243 e. The number of benzene rings is 2. The van der Waals surface area contributed by atoms with Crippen molar-refractivity contribution < 1.29 is 18.7 Å². The minimum Gasteiger partial charge on any atom is -0.495 e. The van der Waals surface area contributed by atoms with Gasteiger partial charge in [0.05, 0.1) is 24.9 Å². The maximum atomic E-state index is 13.1. The number of methoxy groups -OCH3 is 2. The van der Waals surface area contributed by atoms with Crippen LogP contribution < -0.4 is 25.6 Å². The van der Waals surface area contributed by atoms with Crippen LogP contribution in [0.4, 0.5) is 10.1 Å².